The molecule has 0 aliphatic carbocycles. The Morgan fingerprint density at radius 2 is 1.30 bits per heavy atom. The molecule has 1 aliphatic heterocycles. The topological polar surface area (TPSA) is 61.8 Å². The molecule has 0 spiro atoms. The van der Waals surface area contributed by atoms with Gasteiger partial charge in [-0.15, -0.1) is 0 Å². The zero-order valence-corrected chi connectivity index (χ0v) is 30.8. The number of likely N-dealkylation sites (tertiary alicyclic amines) is 1. The van der Waals surface area contributed by atoms with E-state index in [0.29, 0.717) is 30.5 Å². The van der Waals surface area contributed by atoms with E-state index in [1.807, 2.05) is 18.2 Å². The SMILES string of the molecule is Cc1ccc(C[N+](C)(CCOC(=O)OCOC(=O)CCC[N+]2(Cc3ccc(C(F)(F)F)cc3)CCCCC2)Cc2ccc(-c3ccccc3)cc2)cc1. The molecule has 0 bridgehead atoms. The molecular weight excluding hydrogens is 681 g/mol. The number of aryl methyl sites for hydroxylation is 1. The van der Waals surface area contributed by atoms with E-state index in [2.05, 4.69) is 74.6 Å². The van der Waals surface area contributed by atoms with Gasteiger partial charge in [-0.1, -0.05) is 96.6 Å². The van der Waals surface area contributed by atoms with Gasteiger partial charge in [0.1, 0.15) is 32.8 Å². The number of esters is 1. The van der Waals surface area contributed by atoms with Gasteiger partial charge in [0, 0.05) is 23.1 Å². The smallest absolute Gasteiger partial charge is 0.428 e. The normalized spacial score (nSPS) is 15.3. The van der Waals surface area contributed by atoms with Crippen LogP contribution in [0.4, 0.5) is 18.0 Å². The van der Waals surface area contributed by atoms with Crippen molar-refractivity contribution < 1.29 is 45.9 Å². The number of carbonyl (C=O) groups is 2. The maximum atomic E-state index is 13.0. The van der Waals surface area contributed by atoms with Gasteiger partial charge in [0.05, 0.1) is 38.7 Å². The summed E-state index contributed by atoms with van der Waals surface area (Å²) in [6.45, 7) is 6.79. The monoisotopic (exact) mass is 732 g/mol. The van der Waals surface area contributed by atoms with Gasteiger partial charge in [-0.2, -0.15) is 13.2 Å². The van der Waals surface area contributed by atoms with Gasteiger partial charge in [0.2, 0.25) is 6.79 Å². The lowest BCUT2D eigenvalue weighted by molar-refractivity contribution is -0.945. The lowest BCUT2D eigenvalue weighted by atomic mass is 10.0. The third-order valence-electron chi connectivity index (χ3n) is 10.1. The van der Waals surface area contributed by atoms with Crippen LogP contribution in [0.2, 0.25) is 0 Å². The number of carbonyl (C=O) groups excluding carboxylic acids is 2. The maximum absolute atomic E-state index is 13.0. The third kappa shape index (κ3) is 12.5. The standard InChI is InChI=1S/C43H51F3N2O5/c1-34-13-15-35(16-14-34)30-47(2,31-36-17-21-39(22-18-36)38-10-5-3-6-11-38)28-29-51-42(50)53-33-52-41(49)12-9-27-48(25-7-4-8-26-48)32-37-19-23-40(24-20-37)43(44,45)46/h3,5-6,10-11,13-24H,4,7-9,12,25-33H2,1-2H3/q+2. The van der Waals surface area contributed by atoms with Crippen LogP contribution in [-0.2, 0) is 44.8 Å². The van der Waals surface area contributed by atoms with Crippen LogP contribution in [0.3, 0.4) is 0 Å². The Labute approximate surface area is 311 Å². The van der Waals surface area contributed by atoms with E-state index in [4.69, 9.17) is 14.2 Å². The van der Waals surface area contributed by atoms with Crippen LogP contribution >= 0.6 is 0 Å². The molecule has 5 rings (SSSR count). The maximum Gasteiger partial charge on any atom is 0.511 e. The molecule has 1 heterocycles. The first-order valence-corrected chi connectivity index (χ1v) is 18.4. The number of likely N-dealkylation sites (N-methyl/N-ethyl adjacent to an activating group) is 1. The van der Waals surface area contributed by atoms with Gasteiger partial charge >= 0.3 is 18.3 Å². The Bertz CT molecular complexity index is 1740. The Balaban J connectivity index is 1.06. The molecule has 0 N–H and O–H groups in total. The molecule has 1 aliphatic rings. The van der Waals surface area contributed by atoms with Crippen molar-refractivity contribution in [1.29, 1.82) is 0 Å². The zero-order chi connectivity index (χ0) is 37.7. The third-order valence-corrected chi connectivity index (χ3v) is 10.1. The number of piperidine rings is 1. The van der Waals surface area contributed by atoms with Crippen molar-refractivity contribution in [1.82, 2.24) is 0 Å². The highest BCUT2D eigenvalue weighted by molar-refractivity contribution is 5.69. The van der Waals surface area contributed by atoms with Gasteiger partial charge in [-0.3, -0.25) is 4.79 Å². The van der Waals surface area contributed by atoms with Gasteiger partial charge in [-0.25, -0.2) is 4.79 Å². The number of halogens is 3. The lowest BCUT2D eigenvalue weighted by Gasteiger charge is -2.42. The van der Waals surface area contributed by atoms with Crippen molar-refractivity contribution in [3.8, 4) is 11.1 Å². The average molecular weight is 733 g/mol. The second-order valence-electron chi connectivity index (χ2n) is 14.6. The Morgan fingerprint density at radius 3 is 1.92 bits per heavy atom. The molecular formula is C43H51F3N2O5+2. The average Bonchev–Trinajstić information content (AvgIpc) is 3.13. The molecule has 53 heavy (non-hydrogen) atoms. The first-order valence-electron chi connectivity index (χ1n) is 18.4. The lowest BCUT2D eigenvalue weighted by Crippen LogP contribution is -2.51. The summed E-state index contributed by atoms with van der Waals surface area (Å²) in [4.78, 5) is 24.9. The van der Waals surface area contributed by atoms with Crippen molar-refractivity contribution in [3.05, 3.63) is 131 Å². The number of rotatable bonds is 16. The minimum atomic E-state index is -4.36. The summed E-state index contributed by atoms with van der Waals surface area (Å²) in [7, 11) is 2.14. The molecule has 0 aromatic heterocycles. The molecule has 7 nitrogen and oxygen atoms in total. The number of hydrogen-bond donors (Lipinski definition) is 0. The Hall–Kier alpha value is -4.67. The molecule has 1 unspecified atom stereocenters. The van der Waals surface area contributed by atoms with E-state index in [1.165, 1.54) is 16.7 Å². The minimum Gasteiger partial charge on any atom is -0.428 e. The number of hydrogen-bond acceptors (Lipinski definition) is 5. The van der Waals surface area contributed by atoms with Crippen LogP contribution in [0.5, 0.6) is 0 Å². The van der Waals surface area contributed by atoms with Crippen LogP contribution in [0.1, 0.15) is 59.9 Å². The van der Waals surface area contributed by atoms with Gasteiger partial charge < -0.3 is 23.2 Å². The first kappa shape index (κ1) is 39.5. The molecule has 1 fully saturated rings. The van der Waals surface area contributed by atoms with Crippen molar-refractivity contribution in [3.63, 3.8) is 0 Å². The second kappa shape index (κ2) is 18.4. The molecule has 0 amide bonds. The molecule has 4 aromatic carbocycles. The predicted molar refractivity (Wildman–Crippen MR) is 198 cm³/mol. The van der Waals surface area contributed by atoms with Crippen LogP contribution in [-0.4, -0.2) is 67.7 Å². The Kier molecular flexibility index (Phi) is 13.7. The molecule has 1 atom stereocenters. The molecule has 0 radical (unpaired) electrons. The summed E-state index contributed by atoms with van der Waals surface area (Å²) in [5.41, 5.74) is 6.05. The molecule has 0 saturated carbocycles. The molecule has 4 aromatic rings. The summed E-state index contributed by atoms with van der Waals surface area (Å²) in [5.74, 6) is -0.483. The van der Waals surface area contributed by atoms with Crippen LogP contribution < -0.4 is 0 Å². The first-order chi connectivity index (χ1) is 25.4. The summed E-state index contributed by atoms with van der Waals surface area (Å²) in [6.07, 6.45) is -1.38. The van der Waals surface area contributed by atoms with Crippen molar-refractivity contribution >= 4 is 12.1 Å². The Morgan fingerprint density at radius 1 is 0.717 bits per heavy atom. The summed E-state index contributed by atoms with van der Waals surface area (Å²) < 4.78 is 56.1. The highest BCUT2D eigenvalue weighted by Crippen LogP contribution is 2.31. The van der Waals surface area contributed by atoms with Crippen molar-refractivity contribution in [2.24, 2.45) is 0 Å². The van der Waals surface area contributed by atoms with E-state index in [0.717, 1.165) is 78.7 Å². The van der Waals surface area contributed by atoms with Gasteiger partial charge in [0.25, 0.3) is 0 Å². The molecule has 10 heteroatoms. The quantitative estimate of drug-likeness (QED) is 0.0653. The second-order valence-corrected chi connectivity index (χ2v) is 14.6. The van der Waals surface area contributed by atoms with Crippen LogP contribution in [0, 0.1) is 6.92 Å². The van der Waals surface area contributed by atoms with Crippen molar-refractivity contribution in [2.45, 2.75) is 64.8 Å². The minimum absolute atomic E-state index is 0.121. The number of benzene rings is 4. The largest absolute Gasteiger partial charge is 0.511 e. The van der Waals surface area contributed by atoms with Gasteiger partial charge in [-0.05, 0) is 49.4 Å². The van der Waals surface area contributed by atoms with E-state index in [-0.39, 0.29) is 13.0 Å². The van der Waals surface area contributed by atoms with Crippen LogP contribution in [0.15, 0.2) is 103 Å². The molecule has 282 valence electrons. The number of quaternary nitrogens is 2. The fourth-order valence-electron chi connectivity index (χ4n) is 7.22. The molecule has 1 saturated heterocycles. The van der Waals surface area contributed by atoms with E-state index < -0.39 is 30.7 Å². The zero-order valence-electron chi connectivity index (χ0n) is 30.8. The number of ether oxygens (including phenoxy) is 3. The van der Waals surface area contributed by atoms with Gasteiger partial charge in [0.15, 0.2) is 0 Å². The highest BCUT2D eigenvalue weighted by Gasteiger charge is 2.32. The van der Waals surface area contributed by atoms with E-state index in [9.17, 15) is 22.8 Å². The van der Waals surface area contributed by atoms with Crippen LogP contribution in [0.25, 0.3) is 11.1 Å². The number of alkyl halides is 3. The summed E-state index contributed by atoms with van der Waals surface area (Å²) >= 11 is 0. The number of nitrogens with zero attached hydrogens (tertiary/aromatic N) is 2. The van der Waals surface area contributed by atoms with Crippen molar-refractivity contribution in [2.75, 3.05) is 46.6 Å². The highest BCUT2D eigenvalue weighted by atomic mass is 19.4. The predicted octanol–water partition coefficient (Wildman–Crippen LogP) is 9.46. The summed E-state index contributed by atoms with van der Waals surface area (Å²) in [6, 6.07) is 32.6. The van der Waals surface area contributed by atoms with E-state index >= 15 is 0 Å². The van der Waals surface area contributed by atoms with E-state index in [1.54, 1.807) is 12.1 Å². The fraction of sp³-hybridized carbons (Fsp3) is 0.395. The summed E-state index contributed by atoms with van der Waals surface area (Å²) in [5, 5.41) is 0. The fourth-order valence-corrected chi connectivity index (χ4v) is 7.22.